The maximum atomic E-state index is 12.4. The molecule has 7 heteroatoms. The van der Waals surface area contributed by atoms with Crippen molar-refractivity contribution in [1.29, 1.82) is 5.26 Å². The van der Waals surface area contributed by atoms with Gasteiger partial charge in [-0.25, -0.2) is 0 Å². The minimum absolute atomic E-state index is 0.129. The van der Waals surface area contributed by atoms with Crippen LogP contribution in [0.15, 0.2) is 67.0 Å². The molecule has 0 fully saturated rings. The van der Waals surface area contributed by atoms with Crippen molar-refractivity contribution in [2.24, 2.45) is 0 Å². The summed E-state index contributed by atoms with van der Waals surface area (Å²) in [5.41, 5.74) is 2.07. The first-order chi connectivity index (χ1) is 13.2. The van der Waals surface area contributed by atoms with E-state index in [-0.39, 0.29) is 17.8 Å². The monoisotopic (exact) mass is 357 g/mol. The van der Waals surface area contributed by atoms with Gasteiger partial charge in [-0.15, -0.1) is 0 Å². The number of hydrogen-bond acceptors (Lipinski definition) is 5. The van der Waals surface area contributed by atoms with Crippen molar-refractivity contribution < 1.29 is 9.59 Å². The van der Waals surface area contributed by atoms with Crippen molar-refractivity contribution in [3.8, 4) is 6.07 Å². The molecule has 132 valence electrons. The number of pyridine rings is 2. The van der Waals surface area contributed by atoms with Gasteiger partial charge in [0, 0.05) is 23.6 Å². The van der Waals surface area contributed by atoms with E-state index in [1.54, 1.807) is 42.6 Å². The minimum atomic E-state index is -0.401. The molecule has 3 aromatic rings. The molecular formula is C20H15N5O2. The summed E-state index contributed by atoms with van der Waals surface area (Å²) in [7, 11) is 0. The molecule has 7 nitrogen and oxygen atoms in total. The van der Waals surface area contributed by atoms with E-state index in [2.05, 4.69) is 20.6 Å². The number of anilines is 1. The molecule has 0 aliphatic carbocycles. The summed E-state index contributed by atoms with van der Waals surface area (Å²) < 4.78 is 0. The second kappa shape index (κ2) is 8.36. The lowest BCUT2D eigenvalue weighted by molar-refractivity contribution is 0.0945. The number of benzene rings is 1. The molecule has 0 saturated heterocycles. The van der Waals surface area contributed by atoms with Gasteiger partial charge >= 0.3 is 0 Å². The van der Waals surface area contributed by atoms with Crippen LogP contribution in [0, 0.1) is 11.3 Å². The number of nitriles is 1. The zero-order chi connectivity index (χ0) is 19.1. The van der Waals surface area contributed by atoms with Crippen molar-refractivity contribution >= 4 is 17.5 Å². The predicted octanol–water partition coefficient (Wildman–Crippen LogP) is 2.53. The maximum absolute atomic E-state index is 12.4. The van der Waals surface area contributed by atoms with Crippen molar-refractivity contribution in [3.63, 3.8) is 0 Å². The van der Waals surface area contributed by atoms with Crippen LogP contribution in [0.4, 0.5) is 5.69 Å². The van der Waals surface area contributed by atoms with Gasteiger partial charge in [0.1, 0.15) is 5.69 Å². The Morgan fingerprint density at radius 1 is 0.963 bits per heavy atom. The van der Waals surface area contributed by atoms with Crippen molar-refractivity contribution in [1.82, 2.24) is 15.3 Å². The third-order valence-corrected chi connectivity index (χ3v) is 3.66. The SMILES string of the molecule is N#Cc1cccc(NC(=O)c2ccnc(C(=O)NCc3ccccn3)c2)c1. The highest BCUT2D eigenvalue weighted by atomic mass is 16.2. The van der Waals surface area contributed by atoms with Gasteiger partial charge in [-0.05, 0) is 42.5 Å². The van der Waals surface area contributed by atoms with Crippen LogP contribution < -0.4 is 10.6 Å². The van der Waals surface area contributed by atoms with Gasteiger partial charge in [0.15, 0.2) is 0 Å². The summed E-state index contributed by atoms with van der Waals surface area (Å²) in [6.45, 7) is 0.263. The Morgan fingerprint density at radius 2 is 1.85 bits per heavy atom. The Balaban J connectivity index is 1.68. The number of amides is 2. The fourth-order valence-corrected chi connectivity index (χ4v) is 2.33. The van der Waals surface area contributed by atoms with Crippen LogP contribution in [0.5, 0.6) is 0 Å². The molecular weight excluding hydrogens is 342 g/mol. The van der Waals surface area contributed by atoms with Crippen LogP contribution in [-0.4, -0.2) is 21.8 Å². The maximum Gasteiger partial charge on any atom is 0.270 e. The number of nitrogens with one attached hydrogen (secondary N) is 2. The summed E-state index contributed by atoms with van der Waals surface area (Å²) in [5, 5.41) is 14.3. The quantitative estimate of drug-likeness (QED) is 0.729. The van der Waals surface area contributed by atoms with Crippen molar-refractivity contribution in [2.45, 2.75) is 6.54 Å². The Morgan fingerprint density at radius 3 is 2.63 bits per heavy atom. The first kappa shape index (κ1) is 17.8. The van der Waals surface area contributed by atoms with Crippen LogP contribution in [0.1, 0.15) is 32.1 Å². The lowest BCUT2D eigenvalue weighted by atomic mass is 10.2. The van der Waals surface area contributed by atoms with E-state index in [9.17, 15) is 9.59 Å². The van der Waals surface area contributed by atoms with E-state index in [1.165, 1.54) is 18.3 Å². The van der Waals surface area contributed by atoms with Gasteiger partial charge in [-0.1, -0.05) is 12.1 Å². The van der Waals surface area contributed by atoms with Crippen LogP contribution in [-0.2, 0) is 6.54 Å². The third-order valence-electron chi connectivity index (χ3n) is 3.66. The largest absolute Gasteiger partial charge is 0.345 e. The minimum Gasteiger partial charge on any atom is -0.345 e. The van der Waals surface area contributed by atoms with Crippen LogP contribution in [0.2, 0.25) is 0 Å². The topological polar surface area (TPSA) is 108 Å². The Bertz CT molecular complexity index is 1010. The zero-order valence-electron chi connectivity index (χ0n) is 14.2. The van der Waals surface area contributed by atoms with Gasteiger partial charge in [0.25, 0.3) is 11.8 Å². The average Bonchev–Trinajstić information content (AvgIpc) is 2.73. The lowest BCUT2D eigenvalue weighted by Crippen LogP contribution is -2.24. The molecule has 0 radical (unpaired) electrons. The van der Waals surface area contributed by atoms with Crippen LogP contribution in [0.25, 0.3) is 0 Å². The van der Waals surface area contributed by atoms with Gasteiger partial charge < -0.3 is 10.6 Å². The number of carbonyl (C=O) groups excluding carboxylic acids is 2. The second-order valence-electron chi connectivity index (χ2n) is 5.58. The number of nitrogens with zero attached hydrogens (tertiary/aromatic N) is 3. The number of hydrogen-bond donors (Lipinski definition) is 2. The standard InChI is InChI=1S/C20H15N5O2/c21-12-14-4-3-6-16(10-14)25-19(26)15-7-9-23-18(11-15)20(27)24-13-17-5-1-2-8-22-17/h1-11H,13H2,(H,24,27)(H,25,26). The van der Waals surface area contributed by atoms with Crippen LogP contribution in [0.3, 0.4) is 0 Å². The molecule has 1 aromatic carbocycles. The molecule has 2 N–H and O–H groups in total. The fourth-order valence-electron chi connectivity index (χ4n) is 2.33. The van der Waals surface area contributed by atoms with Gasteiger partial charge in [0.2, 0.25) is 0 Å². The summed E-state index contributed by atoms with van der Waals surface area (Å²) in [4.78, 5) is 32.8. The molecule has 27 heavy (non-hydrogen) atoms. The molecule has 0 unspecified atom stereocenters. The van der Waals surface area contributed by atoms with Gasteiger partial charge in [0.05, 0.1) is 23.9 Å². The molecule has 0 saturated carbocycles. The molecule has 0 spiro atoms. The van der Waals surface area contributed by atoms with E-state index in [0.29, 0.717) is 11.3 Å². The van der Waals surface area contributed by atoms with Crippen molar-refractivity contribution in [3.05, 3.63) is 89.5 Å². The van der Waals surface area contributed by atoms with Gasteiger partial charge in [-0.2, -0.15) is 5.26 Å². The normalized spacial score (nSPS) is 9.89. The van der Waals surface area contributed by atoms with E-state index in [1.807, 2.05) is 12.1 Å². The van der Waals surface area contributed by atoms with Crippen molar-refractivity contribution in [2.75, 3.05) is 5.32 Å². The number of carbonyl (C=O) groups is 2. The highest BCUT2D eigenvalue weighted by molar-refractivity contribution is 6.05. The summed E-state index contributed by atoms with van der Waals surface area (Å²) in [6.07, 6.45) is 3.04. The molecule has 2 amide bonds. The molecule has 2 heterocycles. The van der Waals surface area contributed by atoms with E-state index in [4.69, 9.17) is 5.26 Å². The summed E-state index contributed by atoms with van der Waals surface area (Å²) in [5.74, 6) is -0.798. The lowest BCUT2D eigenvalue weighted by Gasteiger charge is -2.07. The highest BCUT2D eigenvalue weighted by Crippen LogP contribution is 2.12. The summed E-state index contributed by atoms with van der Waals surface area (Å²) in [6, 6.07) is 16.9. The molecule has 3 rings (SSSR count). The van der Waals surface area contributed by atoms with Gasteiger partial charge in [-0.3, -0.25) is 19.6 Å². The molecule has 0 bridgehead atoms. The van der Waals surface area contributed by atoms with E-state index >= 15 is 0 Å². The zero-order valence-corrected chi connectivity index (χ0v) is 14.2. The van der Waals surface area contributed by atoms with Crippen LogP contribution >= 0.6 is 0 Å². The fraction of sp³-hybridized carbons (Fsp3) is 0.0500. The smallest absolute Gasteiger partial charge is 0.270 e. The summed E-state index contributed by atoms with van der Waals surface area (Å²) >= 11 is 0. The molecule has 0 aliphatic heterocycles. The second-order valence-corrected chi connectivity index (χ2v) is 5.58. The first-order valence-corrected chi connectivity index (χ1v) is 8.11. The Kier molecular flexibility index (Phi) is 5.50. The number of rotatable bonds is 5. The Hall–Kier alpha value is -4.05. The highest BCUT2D eigenvalue weighted by Gasteiger charge is 2.12. The Labute approximate surface area is 155 Å². The molecule has 0 atom stereocenters. The van der Waals surface area contributed by atoms with E-state index in [0.717, 1.165) is 5.69 Å². The first-order valence-electron chi connectivity index (χ1n) is 8.11. The number of aromatic nitrogens is 2. The average molecular weight is 357 g/mol. The molecule has 2 aromatic heterocycles. The molecule has 0 aliphatic rings. The third kappa shape index (κ3) is 4.74. The van der Waals surface area contributed by atoms with E-state index < -0.39 is 11.8 Å². The predicted molar refractivity (Wildman–Crippen MR) is 98.8 cm³/mol.